The van der Waals surface area contributed by atoms with Crippen LogP contribution < -0.4 is 4.90 Å². The maximum atomic E-state index is 13.4. The minimum atomic E-state index is 0.0796. The second-order valence-corrected chi connectivity index (χ2v) is 9.56. The van der Waals surface area contributed by atoms with Crippen molar-refractivity contribution in [1.82, 2.24) is 19.4 Å². The van der Waals surface area contributed by atoms with Crippen LogP contribution in [0.1, 0.15) is 25.6 Å². The van der Waals surface area contributed by atoms with Crippen molar-refractivity contribution < 1.29 is 4.79 Å². The number of carbonyl (C=O) groups is 1. The lowest BCUT2D eigenvalue weighted by atomic mass is 9.96. The number of likely N-dealkylation sites (tertiary alicyclic amines) is 1. The number of amides is 1. The Hall–Kier alpha value is -2.57. The van der Waals surface area contributed by atoms with Gasteiger partial charge in [-0.2, -0.15) is 0 Å². The summed E-state index contributed by atoms with van der Waals surface area (Å²) in [5, 5.41) is 0.755. The van der Waals surface area contributed by atoms with Crippen LogP contribution in [0.5, 0.6) is 0 Å². The predicted molar refractivity (Wildman–Crippen MR) is 134 cm³/mol. The number of hydrogen-bond donors (Lipinski definition) is 0. The Morgan fingerprint density at radius 2 is 1.88 bits per heavy atom. The van der Waals surface area contributed by atoms with Crippen molar-refractivity contribution >= 4 is 34.2 Å². The highest BCUT2D eigenvalue weighted by Crippen LogP contribution is 2.25. The maximum Gasteiger partial charge on any atom is 0.227 e. The monoisotopic (exact) mass is 465 g/mol. The summed E-state index contributed by atoms with van der Waals surface area (Å²) in [6.45, 7) is 8.97. The fraction of sp³-hybridized carbons (Fsp3) is 0.462. The predicted octanol–water partition coefficient (Wildman–Crippen LogP) is 4.27. The summed E-state index contributed by atoms with van der Waals surface area (Å²) in [5.74, 6) is 1.49. The fourth-order valence-corrected chi connectivity index (χ4v) is 5.50. The molecule has 0 bridgehead atoms. The van der Waals surface area contributed by atoms with Crippen molar-refractivity contribution in [3.8, 4) is 0 Å². The summed E-state index contributed by atoms with van der Waals surface area (Å²) < 4.78 is 2.30. The van der Waals surface area contributed by atoms with Gasteiger partial charge in [0.15, 0.2) is 0 Å². The lowest BCUT2D eigenvalue weighted by Crippen LogP contribution is -2.52. The van der Waals surface area contributed by atoms with Crippen LogP contribution in [0.4, 0.5) is 5.69 Å². The van der Waals surface area contributed by atoms with E-state index in [9.17, 15) is 4.79 Å². The smallest absolute Gasteiger partial charge is 0.227 e. The molecule has 1 amide bonds. The van der Waals surface area contributed by atoms with E-state index in [0.717, 1.165) is 87.3 Å². The fourth-order valence-electron chi connectivity index (χ4n) is 5.32. The molecule has 0 saturated carbocycles. The Balaban J connectivity index is 1.20. The van der Waals surface area contributed by atoms with E-state index < -0.39 is 0 Å². The number of nitrogens with zero attached hydrogens (tertiary/aromatic N) is 5. The van der Waals surface area contributed by atoms with Crippen LogP contribution in [-0.4, -0.2) is 64.5 Å². The first-order valence-electron chi connectivity index (χ1n) is 12.1. The van der Waals surface area contributed by atoms with Gasteiger partial charge in [0.2, 0.25) is 5.91 Å². The number of aromatic nitrogens is 2. The molecule has 3 heterocycles. The van der Waals surface area contributed by atoms with Gasteiger partial charge in [-0.3, -0.25) is 9.69 Å². The normalized spacial score (nSPS) is 19.9. The van der Waals surface area contributed by atoms with Gasteiger partial charge in [-0.25, -0.2) is 4.98 Å². The standard InChI is InChI=1S/C26H32ClN5O/c1-2-32-24-11-4-3-10-23(24)28-25(32)19-29-12-6-7-20(18-29)26(33)31-15-13-30(14-16-31)22-9-5-8-21(27)17-22/h3-5,8-11,17,20H,2,6-7,12-16,18-19H2,1H3/t20-/m0/s1. The number of fused-ring (bicyclic) bond motifs is 1. The first-order valence-corrected chi connectivity index (χ1v) is 12.5. The highest BCUT2D eigenvalue weighted by molar-refractivity contribution is 6.30. The van der Waals surface area contributed by atoms with Crippen LogP contribution in [-0.2, 0) is 17.9 Å². The highest BCUT2D eigenvalue weighted by atomic mass is 35.5. The van der Waals surface area contributed by atoms with Gasteiger partial charge in [-0.05, 0) is 56.6 Å². The molecule has 3 aromatic rings. The van der Waals surface area contributed by atoms with Gasteiger partial charge in [0.1, 0.15) is 5.82 Å². The largest absolute Gasteiger partial charge is 0.368 e. The Labute approximate surface area is 200 Å². The van der Waals surface area contributed by atoms with Crippen molar-refractivity contribution in [2.45, 2.75) is 32.9 Å². The molecule has 2 saturated heterocycles. The number of halogens is 1. The van der Waals surface area contributed by atoms with E-state index >= 15 is 0 Å². The molecule has 6 nitrogen and oxygen atoms in total. The number of anilines is 1. The molecule has 2 aromatic carbocycles. The molecule has 7 heteroatoms. The molecule has 0 spiro atoms. The molecule has 2 aliphatic heterocycles. The van der Waals surface area contributed by atoms with Gasteiger partial charge in [0.25, 0.3) is 0 Å². The highest BCUT2D eigenvalue weighted by Gasteiger charge is 2.31. The molecule has 2 aliphatic rings. The first-order chi connectivity index (χ1) is 16.1. The summed E-state index contributed by atoms with van der Waals surface area (Å²) >= 11 is 6.16. The third kappa shape index (κ3) is 4.73. The third-order valence-electron chi connectivity index (χ3n) is 7.03. The zero-order valence-electron chi connectivity index (χ0n) is 19.3. The minimum Gasteiger partial charge on any atom is -0.368 e. The molecular formula is C26H32ClN5O. The number of para-hydroxylation sites is 2. The average Bonchev–Trinajstić information content (AvgIpc) is 3.20. The van der Waals surface area contributed by atoms with Gasteiger partial charge >= 0.3 is 0 Å². The number of carbonyl (C=O) groups excluding carboxylic acids is 1. The average molecular weight is 466 g/mol. The molecule has 1 aromatic heterocycles. The van der Waals surface area contributed by atoms with Gasteiger partial charge in [0.05, 0.1) is 23.5 Å². The van der Waals surface area contributed by atoms with Crippen LogP contribution >= 0.6 is 11.6 Å². The van der Waals surface area contributed by atoms with Crippen molar-refractivity contribution in [3.63, 3.8) is 0 Å². The Kier molecular flexibility index (Phi) is 6.56. The van der Waals surface area contributed by atoms with Crippen molar-refractivity contribution in [2.75, 3.05) is 44.2 Å². The maximum absolute atomic E-state index is 13.4. The number of imidazole rings is 1. The Morgan fingerprint density at radius 1 is 1.06 bits per heavy atom. The summed E-state index contributed by atoms with van der Waals surface area (Å²) in [5.41, 5.74) is 3.38. The van der Waals surface area contributed by atoms with E-state index in [4.69, 9.17) is 16.6 Å². The van der Waals surface area contributed by atoms with E-state index in [1.807, 2.05) is 24.3 Å². The van der Waals surface area contributed by atoms with E-state index in [2.05, 4.69) is 50.5 Å². The molecule has 0 aliphatic carbocycles. The SMILES string of the molecule is CCn1c(CN2CCC[C@H](C(=O)N3CCN(c4cccc(Cl)c4)CC3)C2)nc2ccccc21. The second kappa shape index (κ2) is 9.74. The van der Waals surface area contributed by atoms with Gasteiger partial charge in [0, 0.05) is 50.0 Å². The summed E-state index contributed by atoms with van der Waals surface area (Å²) in [6, 6.07) is 16.3. The van der Waals surface area contributed by atoms with Crippen LogP contribution in [0, 0.1) is 5.92 Å². The molecular weight excluding hydrogens is 434 g/mol. The minimum absolute atomic E-state index is 0.0796. The molecule has 2 fully saturated rings. The van der Waals surface area contributed by atoms with Gasteiger partial charge < -0.3 is 14.4 Å². The zero-order valence-corrected chi connectivity index (χ0v) is 20.0. The van der Waals surface area contributed by atoms with E-state index in [1.165, 1.54) is 5.52 Å². The topological polar surface area (TPSA) is 44.6 Å². The Bertz CT molecular complexity index is 1120. The van der Waals surface area contributed by atoms with E-state index in [1.54, 1.807) is 0 Å². The van der Waals surface area contributed by atoms with Crippen LogP contribution in [0.25, 0.3) is 11.0 Å². The van der Waals surface area contributed by atoms with E-state index in [0.29, 0.717) is 5.91 Å². The van der Waals surface area contributed by atoms with Gasteiger partial charge in [-0.1, -0.05) is 29.8 Å². The number of piperidine rings is 1. The molecule has 0 radical (unpaired) electrons. The molecule has 1 atom stereocenters. The lowest BCUT2D eigenvalue weighted by molar-refractivity contribution is -0.137. The summed E-state index contributed by atoms with van der Waals surface area (Å²) in [6.07, 6.45) is 2.04. The van der Waals surface area contributed by atoms with Crippen LogP contribution in [0.3, 0.4) is 0 Å². The number of piperazine rings is 1. The first kappa shape index (κ1) is 22.2. The van der Waals surface area contributed by atoms with Gasteiger partial charge in [-0.15, -0.1) is 0 Å². The molecule has 0 N–H and O–H groups in total. The number of benzene rings is 2. The number of rotatable bonds is 5. The van der Waals surface area contributed by atoms with Crippen LogP contribution in [0.2, 0.25) is 5.02 Å². The van der Waals surface area contributed by atoms with Crippen molar-refractivity contribution in [1.29, 1.82) is 0 Å². The van der Waals surface area contributed by atoms with E-state index in [-0.39, 0.29) is 5.92 Å². The third-order valence-corrected chi connectivity index (χ3v) is 7.27. The molecule has 174 valence electrons. The molecule has 5 rings (SSSR count). The summed E-state index contributed by atoms with van der Waals surface area (Å²) in [7, 11) is 0. The zero-order chi connectivity index (χ0) is 22.8. The Morgan fingerprint density at radius 3 is 2.67 bits per heavy atom. The summed E-state index contributed by atoms with van der Waals surface area (Å²) in [4.78, 5) is 25.0. The van der Waals surface area contributed by atoms with Crippen LogP contribution in [0.15, 0.2) is 48.5 Å². The van der Waals surface area contributed by atoms with Crippen molar-refractivity contribution in [3.05, 3.63) is 59.4 Å². The molecule has 33 heavy (non-hydrogen) atoms. The second-order valence-electron chi connectivity index (χ2n) is 9.13. The lowest BCUT2D eigenvalue weighted by Gasteiger charge is -2.39. The molecule has 0 unspecified atom stereocenters. The number of hydrogen-bond acceptors (Lipinski definition) is 4. The van der Waals surface area contributed by atoms with Crippen molar-refractivity contribution in [2.24, 2.45) is 5.92 Å². The number of aryl methyl sites for hydroxylation is 1. The quantitative estimate of drug-likeness (QED) is 0.564.